The molecule has 3 heteroatoms. The van der Waals surface area contributed by atoms with Gasteiger partial charge in [0.05, 0.1) is 16.8 Å². The van der Waals surface area contributed by atoms with Gasteiger partial charge in [-0.2, -0.15) is 0 Å². The van der Waals surface area contributed by atoms with E-state index in [0.29, 0.717) is 22.7 Å². The molecule has 0 aromatic heterocycles. The fourth-order valence-electron chi connectivity index (χ4n) is 13.7. The summed E-state index contributed by atoms with van der Waals surface area (Å²) in [5, 5.41) is 29.0. The first kappa shape index (κ1) is 65.3. The molecule has 7 saturated carbocycles. The summed E-state index contributed by atoms with van der Waals surface area (Å²) in [5.74, 6) is 8.67. The van der Waals surface area contributed by atoms with Crippen molar-refractivity contribution in [2.75, 3.05) is 0 Å². The number of hydrogen-bond donors (Lipinski definition) is 3. The van der Waals surface area contributed by atoms with Gasteiger partial charge in [0.25, 0.3) is 0 Å². The maximum Gasteiger partial charge on any atom is 0.0625 e. The SMILES string of the molecule is C=C(C)C1CC=C(C)CC1.C=C(C)C1CCC(C)(O)CC1.C=C1CCC2CC1C2(C)C.CC(C)=C1CCC(C)(O)CC1.CC1=CCC(C(C)(C)O)CC1.CC1=CCC2CC1C2(C)C.CC1CCC(C(C)C)CC1. The molecule has 0 spiro atoms. The molecule has 11 rings (SSSR count). The van der Waals surface area contributed by atoms with Crippen LogP contribution in [0, 0.1) is 70.0 Å². The second kappa shape index (κ2) is 28.6. The number of rotatable bonds is 4. The molecular formula is C70H122O3. The molecule has 0 aromatic rings. The lowest BCUT2D eigenvalue weighted by molar-refractivity contribution is -0.0273. The van der Waals surface area contributed by atoms with Crippen LogP contribution in [0.5, 0.6) is 0 Å². The standard InChI is InChI=1S/3C10H18O.2C10H16.C10H20.C10H16/c1-8-4-6-9(7-5-8)10(2,3)11;2*1-8(2)9-4-6-10(3,11)7-5-9;2*1-7-4-5-8-6-9(7)10(8,2)3;2*1-8(2)10-6-4-9(3)5-7-10/h4,9,11H,5-7H2,1-3H3;11H,4-7H2,1-3H3;9,11H,1,4-7H2,2-3H3;4,8-9H,5-6H2,1-3H3;8-9H,1,4-6H2,2-3H3;8-10H,4-7H2,1-3H3;4,10H,1,5-7H2,2-3H3. The summed E-state index contributed by atoms with van der Waals surface area (Å²) in [6.45, 7) is 51.7. The van der Waals surface area contributed by atoms with Crippen LogP contribution >= 0.6 is 0 Å². The van der Waals surface area contributed by atoms with Crippen molar-refractivity contribution in [2.45, 2.75) is 289 Å². The Morgan fingerprint density at radius 3 is 1.42 bits per heavy atom. The molecule has 0 aliphatic heterocycles. The number of fused-ring (bicyclic) bond motifs is 3. The highest BCUT2D eigenvalue weighted by Crippen LogP contribution is 2.61. The quantitative estimate of drug-likeness (QED) is 0.246. The van der Waals surface area contributed by atoms with Crippen LogP contribution < -0.4 is 0 Å². The van der Waals surface area contributed by atoms with Gasteiger partial charge in [-0.1, -0.05) is 144 Å². The van der Waals surface area contributed by atoms with Crippen molar-refractivity contribution in [3.63, 3.8) is 0 Å². The second-order valence-corrected chi connectivity index (χ2v) is 29.0. The summed E-state index contributed by atoms with van der Waals surface area (Å²) in [6.07, 6.45) is 35.2. The molecule has 0 amide bonds. The van der Waals surface area contributed by atoms with E-state index in [-0.39, 0.29) is 5.60 Å². The Morgan fingerprint density at radius 1 is 0.589 bits per heavy atom. The van der Waals surface area contributed by atoms with Gasteiger partial charge in [0, 0.05) is 0 Å². The van der Waals surface area contributed by atoms with Gasteiger partial charge < -0.3 is 15.3 Å². The average Bonchev–Trinajstić information content (AvgIpc) is 3.30. The van der Waals surface area contributed by atoms with Crippen LogP contribution in [0.2, 0.25) is 0 Å². The highest BCUT2D eigenvalue weighted by molar-refractivity contribution is 5.21. The van der Waals surface area contributed by atoms with E-state index in [2.05, 4.69) is 135 Å². The molecule has 4 bridgehead atoms. The highest BCUT2D eigenvalue weighted by Gasteiger charge is 2.51. The van der Waals surface area contributed by atoms with Crippen molar-refractivity contribution in [1.82, 2.24) is 0 Å². The van der Waals surface area contributed by atoms with Crippen molar-refractivity contribution >= 4 is 0 Å². The number of allylic oxidation sites excluding steroid dienone is 11. The van der Waals surface area contributed by atoms with Crippen molar-refractivity contribution in [2.24, 2.45) is 70.0 Å². The third kappa shape index (κ3) is 21.1. The fraction of sp³-hybridized carbons (Fsp3) is 0.800. The predicted octanol–water partition coefficient (Wildman–Crippen LogP) is 20.4. The first-order valence-corrected chi connectivity index (χ1v) is 30.4. The third-order valence-corrected chi connectivity index (χ3v) is 20.9. The lowest BCUT2D eigenvalue weighted by Crippen LogP contribution is -2.48. The molecule has 420 valence electrons. The summed E-state index contributed by atoms with van der Waals surface area (Å²) >= 11 is 0. The maximum absolute atomic E-state index is 9.70. The molecule has 73 heavy (non-hydrogen) atoms. The molecule has 0 aromatic carbocycles. The molecular weight excluding hydrogens is 889 g/mol. The van der Waals surface area contributed by atoms with E-state index in [9.17, 15) is 15.3 Å². The van der Waals surface area contributed by atoms with Gasteiger partial charge in [0.15, 0.2) is 0 Å². The van der Waals surface area contributed by atoms with Crippen LogP contribution in [0.15, 0.2) is 82.5 Å². The van der Waals surface area contributed by atoms with Gasteiger partial charge >= 0.3 is 0 Å². The van der Waals surface area contributed by atoms with Gasteiger partial charge in [0.1, 0.15) is 0 Å². The summed E-state index contributed by atoms with van der Waals surface area (Å²) in [4.78, 5) is 0. The van der Waals surface area contributed by atoms with Crippen LogP contribution in [0.1, 0.15) is 272 Å². The minimum absolute atomic E-state index is 0.390. The molecule has 11 aliphatic carbocycles. The molecule has 3 nitrogen and oxygen atoms in total. The Kier molecular flexibility index (Phi) is 25.6. The Bertz CT molecular complexity index is 1840. The van der Waals surface area contributed by atoms with Gasteiger partial charge in [0.2, 0.25) is 0 Å². The molecule has 0 heterocycles. The van der Waals surface area contributed by atoms with Crippen LogP contribution in [0.3, 0.4) is 0 Å². The van der Waals surface area contributed by atoms with E-state index in [1.807, 2.05) is 27.7 Å². The van der Waals surface area contributed by atoms with Gasteiger partial charge in [-0.15, -0.1) is 0 Å². The first-order chi connectivity index (χ1) is 33.7. The minimum Gasteiger partial charge on any atom is -0.390 e. The Hall–Kier alpha value is -1.94. The van der Waals surface area contributed by atoms with Crippen LogP contribution in [-0.4, -0.2) is 32.1 Å². The molecule has 0 radical (unpaired) electrons. The van der Waals surface area contributed by atoms with Crippen molar-refractivity contribution in [3.8, 4) is 0 Å². The molecule has 7 fully saturated rings. The molecule has 6 unspecified atom stereocenters. The Morgan fingerprint density at radius 2 is 1.08 bits per heavy atom. The topological polar surface area (TPSA) is 60.7 Å². The van der Waals surface area contributed by atoms with Gasteiger partial charge in [-0.05, 0) is 281 Å². The van der Waals surface area contributed by atoms with Gasteiger partial charge in [-0.3, -0.25) is 0 Å². The molecule has 3 N–H and O–H groups in total. The lowest BCUT2D eigenvalue weighted by atomic mass is 9.47. The second-order valence-electron chi connectivity index (χ2n) is 29.0. The normalized spacial score (nSPS) is 34.6. The van der Waals surface area contributed by atoms with Crippen molar-refractivity contribution < 1.29 is 15.3 Å². The van der Waals surface area contributed by atoms with Gasteiger partial charge in [-0.25, -0.2) is 0 Å². The zero-order valence-corrected chi connectivity index (χ0v) is 51.7. The molecule has 0 saturated heterocycles. The predicted molar refractivity (Wildman–Crippen MR) is 322 cm³/mol. The average molecular weight is 1010 g/mol. The smallest absolute Gasteiger partial charge is 0.0625 e. The summed E-state index contributed by atoms with van der Waals surface area (Å²) in [6, 6.07) is 0. The molecule has 6 atom stereocenters. The number of hydrogen-bond acceptors (Lipinski definition) is 3. The number of aliphatic hydroxyl groups is 3. The monoisotopic (exact) mass is 1010 g/mol. The van der Waals surface area contributed by atoms with Crippen LogP contribution in [0.25, 0.3) is 0 Å². The summed E-state index contributed by atoms with van der Waals surface area (Å²) < 4.78 is 0. The van der Waals surface area contributed by atoms with E-state index in [4.69, 9.17) is 0 Å². The summed E-state index contributed by atoms with van der Waals surface area (Å²) in [5.41, 5.74) is 11.8. The highest BCUT2D eigenvalue weighted by atomic mass is 16.3. The van der Waals surface area contributed by atoms with E-state index in [1.54, 1.807) is 16.7 Å². The zero-order valence-electron chi connectivity index (χ0n) is 51.7. The minimum atomic E-state index is -0.489. The van der Waals surface area contributed by atoms with Crippen LogP contribution in [0.4, 0.5) is 0 Å². The fourth-order valence-corrected chi connectivity index (χ4v) is 13.7. The van der Waals surface area contributed by atoms with E-state index >= 15 is 0 Å². The zero-order chi connectivity index (χ0) is 55.3. The van der Waals surface area contributed by atoms with Crippen LogP contribution in [-0.2, 0) is 0 Å². The lowest BCUT2D eigenvalue weighted by Gasteiger charge is -2.57. The summed E-state index contributed by atoms with van der Waals surface area (Å²) in [7, 11) is 0. The third-order valence-electron chi connectivity index (χ3n) is 20.9. The largest absolute Gasteiger partial charge is 0.390 e. The Labute approximate surface area is 454 Å². The maximum atomic E-state index is 9.70. The van der Waals surface area contributed by atoms with Crippen molar-refractivity contribution in [3.05, 3.63) is 82.5 Å². The molecule has 11 aliphatic rings. The van der Waals surface area contributed by atoms with E-state index in [1.165, 1.54) is 105 Å². The van der Waals surface area contributed by atoms with E-state index in [0.717, 1.165) is 118 Å². The Balaban J connectivity index is 0.000000225. The first-order valence-electron chi connectivity index (χ1n) is 30.4. The van der Waals surface area contributed by atoms with Crippen molar-refractivity contribution in [1.29, 1.82) is 0 Å². The van der Waals surface area contributed by atoms with E-state index < -0.39 is 11.2 Å².